The van der Waals surface area contributed by atoms with Crippen LogP contribution in [-0.4, -0.2) is 24.9 Å². The third-order valence-corrected chi connectivity index (χ3v) is 2.39. The van der Waals surface area contributed by atoms with Crippen LogP contribution in [0, 0.1) is 0 Å². The molecule has 2 heterocycles. The Bertz CT molecular complexity index is 236. The van der Waals surface area contributed by atoms with Crippen LogP contribution in [0.2, 0.25) is 0 Å². The quantitative estimate of drug-likeness (QED) is 0.730. The summed E-state index contributed by atoms with van der Waals surface area (Å²) in [6.07, 6.45) is 2.38. The van der Waals surface area contributed by atoms with Crippen LogP contribution in [0.15, 0.2) is 22.8 Å². The Morgan fingerprint density at radius 2 is 2.33 bits per heavy atom. The standard InChI is InChI=1S/C9H12O3/c10-4-3-9(6-11-7-9)8-2-1-5-12-8/h1-2,5,10H,3-4,6-7H2. The highest BCUT2D eigenvalue weighted by Gasteiger charge is 2.42. The second kappa shape index (κ2) is 2.92. The van der Waals surface area contributed by atoms with Crippen LogP contribution in [0.5, 0.6) is 0 Å². The summed E-state index contributed by atoms with van der Waals surface area (Å²) in [6, 6.07) is 3.81. The minimum absolute atomic E-state index is 0.0434. The predicted octanol–water partition coefficient (Wildman–Crippen LogP) is 0.930. The van der Waals surface area contributed by atoms with Gasteiger partial charge in [-0.3, -0.25) is 0 Å². The van der Waals surface area contributed by atoms with E-state index < -0.39 is 0 Å². The normalized spacial score (nSPS) is 20.4. The Hall–Kier alpha value is -0.800. The molecule has 0 atom stereocenters. The number of rotatable bonds is 3. The lowest BCUT2D eigenvalue weighted by Crippen LogP contribution is -2.47. The molecule has 0 aromatic carbocycles. The Kier molecular flexibility index (Phi) is 1.90. The maximum absolute atomic E-state index is 8.87. The summed E-state index contributed by atoms with van der Waals surface area (Å²) in [6.45, 7) is 1.52. The van der Waals surface area contributed by atoms with Crippen LogP contribution in [-0.2, 0) is 10.2 Å². The first-order chi connectivity index (χ1) is 5.87. The van der Waals surface area contributed by atoms with Gasteiger partial charge in [0.1, 0.15) is 5.76 Å². The highest BCUT2D eigenvalue weighted by Crippen LogP contribution is 2.35. The zero-order valence-corrected chi connectivity index (χ0v) is 6.82. The summed E-state index contributed by atoms with van der Waals surface area (Å²) in [5.41, 5.74) is -0.0434. The predicted molar refractivity (Wildman–Crippen MR) is 42.9 cm³/mol. The van der Waals surface area contributed by atoms with E-state index in [9.17, 15) is 0 Å². The van der Waals surface area contributed by atoms with Gasteiger partial charge in [0.05, 0.1) is 24.9 Å². The fourth-order valence-electron chi connectivity index (χ4n) is 1.55. The molecule has 1 aliphatic rings. The van der Waals surface area contributed by atoms with Crippen LogP contribution in [0.4, 0.5) is 0 Å². The monoisotopic (exact) mass is 168 g/mol. The Balaban J connectivity index is 2.17. The van der Waals surface area contributed by atoms with E-state index >= 15 is 0 Å². The van der Waals surface area contributed by atoms with Gasteiger partial charge in [-0.2, -0.15) is 0 Å². The maximum atomic E-state index is 8.87. The molecular formula is C9H12O3. The molecular weight excluding hydrogens is 156 g/mol. The molecule has 1 fully saturated rings. The summed E-state index contributed by atoms with van der Waals surface area (Å²) in [7, 11) is 0. The third-order valence-electron chi connectivity index (χ3n) is 2.39. The number of hydrogen-bond donors (Lipinski definition) is 1. The van der Waals surface area contributed by atoms with Crippen LogP contribution >= 0.6 is 0 Å². The van der Waals surface area contributed by atoms with Gasteiger partial charge < -0.3 is 14.3 Å². The van der Waals surface area contributed by atoms with Crippen molar-refractivity contribution in [3.05, 3.63) is 24.2 Å². The number of aliphatic hydroxyl groups is 1. The first-order valence-corrected chi connectivity index (χ1v) is 4.10. The summed E-state index contributed by atoms with van der Waals surface area (Å²) >= 11 is 0. The second-order valence-corrected chi connectivity index (χ2v) is 3.22. The minimum atomic E-state index is -0.0434. The molecule has 1 saturated heterocycles. The van der Waals surface area contributed by atoms with E-state index in [-0.39, 0.29) is 12.0 Å². The zero-order valence-electron chi connectivity index (χ0n) is 6.82. The topological polar surface area (TPSA) is 42.6 Å². The van der Waals surface area contributed by atoms with Gasteiger partial charge in [-0.05, 0) is 18.6 Å². The lowest BCUT2D eigenvalue weighted by Gasteiger charge is -2.39. The lowest BCUT2D eigenvalue weighted by molar-refractivity contribution is -0.0797. The van der Waals surface area contributed by atoms with Gasteiger partial charge >= 0.3 is 0 Å². The SMILES string of the molecule is OCCC1(c2ccco2)COC1. The second-order valence-electron chi connectivity index (χ2n) is 3.22. The molecule has 2 rings (SSSR count). The highest BCUT2D eigenvalue weighted by molar-refractivity contribution is 5.17. The molecule has 12 heavy (non-hydrogen) atoms. The van der Waals surface area contributed by atoms with Crippen molar-refractivity contribution in [3.63, 3.8) is 0 Å². The zero-order chi connectivity index (χ0) is 8.44. The molecule has 1 N–H and O–H groups in total. The maximum Gasteiger partial charge on any atom is 0.114 e. The molecule has 0 bridgehead atoms. The lowest BCUT2D eigenvalue weighted by atomic mass is 9.80. The Labute approximate surface area is 71.0 Å². The van der Waals surface area contributed by atoms with Crippen molar-refractivity contribution >= 4 is 0 Å². The summed E-state index contributed by atoms with van der Waals surface area (Å²) in [5, 5.41) is 8.87. The first-order valence-electron chi connectivity index (χ1n) is 4.10. The fourth-order valence-corrected chi connectivity index (χ4v) is 1.55. The van der Waals surface area contributed by atoms with Crippen molar-refractivity contribution in [3.8, 4) is 0 Å². The van der Waals surface area contributed by atoms with Crippen LogP contribution in [0.3, 0.4) is 0 Å². The largest absolute Gasteiger partial charge is 0.469 e. The van der Waals surface area contributed by atoms with Crippen molar-refractivity contribution in [1.29, 1.82) is 0 Å². The Morgan fingerprint density at radius 3 is 2.75 bits per heavy atom. The van der Waals surface area contributed by atoms with E-state index in [0.29, 0.717) is 13.2 Å². The van der Waals surface area contributed by atoms with Gasteiger partial charge in [0.2, 0.25) is 0 Å². The number of hydrogen-bond acceptors (Lipinski definition) is 3. The van der Waals surface area contributed by atoms with E-state index in [1.54, 1.807) is 6.26 Å². The van der Waals surface area contributed by atoms with Gasteiger partial charge in [-0.1, -0.05) is 0 Å². The van der Waals surface area contributed by atoms with Crippen molar-refractivity contribution in [1.82, 2.24) is 0 Å². The number of furan rings is 1. The van der Waals surface area contributed by atoms with Crippen molar-refractivity contribution < 1.29 is 14.3 Å². The van der Waals surface area contributed by atoms with E-state index in [0.717, 1.165) is 12.2 Å². The highest BCUT2D eigenvalue weighted by atomic mass is 16.5. The minimum Gasteiger partial charge on any atom is -0.469 e. The van der Waals surface area contributed by atoms with Gasteiger partial charge in [-0.15, -0.1) is 0 Å². The van der Waals surface area contributed by atoms with Crippen LogP contribution < -0.4 is 0 Å². The van der Waals surface area contributed by atoms with Crippen molar-refractivity contribution in [2.45, 2.75) is 11.8 Å². The summed E-state index contributed by atoms with van der Waals surface area (Å²) < 4.78 is 10.4. The summed E-state index contributed by atoms with van der Waals surface area (Å²) in [5.74, 6) is 0.933. The van der Waals surface area contributed by atoms with E-state index in [2.05, 4.69) is 0 Å². The van der Waals surface area contributed by atoms with Crippen molar-refractivity contribution in [2.24, 2.45) is 0 Å². The molecule has 1 aromatic heterocycles. The molecule has 3 nitrogen and oxygen atoms in total. The molecule has 0 saturated carbocycles. The van der Waals surface area contributed by atoms with Gasteiger partial charge in [0.15, 0.2) is 0 Å². The van der Waals surface area contributed by atoms with Crippen LogP contribution in [0.1, 0.15) is 12.2 Å². The molecule has 1 aliphatic heterocycles. The molecule has 0 amide bonds. The van der Waals surface area contributed by atoms with E-state index in [4.69, 9.17) is 14.3 Å². The molecule has 0 aliphatic carbocycles. The fraction of sp³-hybridized carbons (Fsp3) is 0.556. The molecule has 1 aromatic rings. The molecule has 0 spiro atoms. The number of ether oxygens (including phenoxy) is 1. The van der Waals surface area contributed by atoms with Gasteiger partial charge in [0, 0.05) is 6.61 Å². The van der Waals surface area contributed by atoms with Gasteiger partial charge in [0.25, 0.3) is 0 Å². The van der Waals surface area contributed by atoms with E-state index in [1.807, 2.05) is 12.1 Å². The molecule has 0 radical (unpaired) electrons. The average molecular weight is 168 g/mol. The third kappa shape index (κ3) is 1.06. The van der Waals surface area contributed by atoms with Crippen molar-refractivity contribution in [2.75, 3.05) is 19.8 Å². The molecule has 3 heteroatoms. The first kappa shape index (κ1) is 7.83. The van der Waals surface area contributed by atoms with Crippen LogP contribution in [0.25, 0.3) is 0 Å². The smallest absolute Gasteiger partial charge is 0.114 e. The van der Waals surface area contributed by atoms with Gasteiger partial charge in [-0.25, -0.2) is 0 Å². The summed E-state index contributed by atoms with van der Waals surface area (Å²) in [4.78, 5) is 0. The Morgan fingerprint density at radius 1 is 1.50 bits per heavy atom. The number of aliphatic hydroxyl groups excluding tert-OH is 1. The molecule has 0 unspecified atom stereocenters. The average Bonchev–Trinajstić information content (AvgIpc) is 2.48. The van der Waals surface area contributed by atoms with E-state index in [1.165, 1.54) is 0 Å². The molecule has 66 valence electrons.